The monoisotopic (exact) mass is 403 g/mol. The molecule has 2 heterocycles. The number of nitrogens with zero attached hydrogens (tertiary/aromatic N) is 2. The van der Waals surface area contributed by atoms with Crippen molar-refractivity contribution in [3.05, 3.63) is 101 Å². The number of anilines is 1. The molecule has 0 saturated heterocycles. The maximum atomic E-state index is 12.7. The molecule has 144 valence electrons. The number of rotatable bonds is 5. The molecule has 2 aromatic heterocycles. The van der Waals surface area contributed by atoms with E-state index >= 15 is 0 Å². The Balaban J connectivity index is 1.48. The van der Waals surface area contributed by atoms with Gasteiger partial charge < -0.3 is 9.84 Å². The maximum absolute atomic E-state index is 12.7. The molecular weight excluding hydrogens is 386 g/mol. The fourth-order valence-corrected chi connectivity index (χ4v) is 3.31. The fraction of sp³-hybridized carbons (Fsp3) is 0.0870. The largest absolute Gasteiger partial charge is 0.350 e. The second-order valence-electron chi connectivity index (χ2n) is 6.65. The van der Waals surface area contributed by atoms with Gasteiger partial charge in [-0.05, 0) is 54.8 Å². The van der Waals surface area contributed by atoms with Gasteiger partial charge in [0.15, 0.2) is 0 Å². The second-order valence-corrected chi connectivity index (χ2v) is 7.06. The Kier molecular flexibility index (Phi) is 5.40. The Hall–Kier alpha value is -3.44. The van der Waals surface area contributed by atoms with Gasteiger partial charge in [0.1, 0.15) is 5.69 Å². The summed E-state index contributed by atoms with van der Waals surface area (Å²) in [6.07, 6.45) is 4.36. The molecule has 0 bridgehead atoms. The third-order valence-electron chi connectivity index (χ3n) is 4.63. The van der Waals surface area contributed by atoms with Gasteiger partial charge in [-0.3, -0.25) is 9.78 Å². The lowest BCUT2D eigenvalue weighted by Crippen LogP contribution is -2.12. The van der Waals surface area contributed by atoms with Gasteiger partial charge in [0.05, 0.1) is 5.02 Å². The number of hydrogen-bond donors (Lipinski definition) is 1. The molecule has 2 aromatic carbocycles. The first-order chi connectivity index (χ1) is 14.1. The van der Waals surface area contributed by atoms with E-state index in [1.165, 1.54) is 5.56 Å². The minimum Gasteiger partial charge on any atom is -0.350 e. The zero-order chi connectivity index (χ0) is 20.2. The Morgan fingerprint density at radius 3 is 2.41 bits per heavy atom. The van der Waals surface area contributed by atoms with E-state index in [9.17, 15) is 4.79 Å². The van der Waals surface area contributed by atoms with Crippen molar-refractivity contribution in [3.8, 4) is 11.3 Å². The predicted octanol–water partition coefficient (Wildman–Crippen LogP) is 5.54. The molecule has 0 radical (unpaired) electrons. The van der Waals surface area contributed by atoms with Gasteiger partial charge in [-0.15, -0.1) is 0 Å². The number of benzene rings is 2. The van der Waals surface area contributed by atoms with E-state index in [4.69, 9.17) is 16.1 Å². The van der Waals surface area contributed by atoms with Gasteiger partial charge in [0.2, 0.25) is 5.76 Å². The van der Waals surface area contributed by atoms with Crippen LogP contribution < -0.4 is 5.32 Å². The molecule has 6 heteroatoms. The van der Waals surface area contributed by atoms with Crippen LogP contribution in [0.4, 0.5) is 5.69 Å². The standard InChI is InChI=1S/C23H18ClN3O2/c1-15-21(19-4-2-3-5-20(19)24)27-29-22(15)23(28)26-18-8-6-16(7-9-18)14-17-10-12-25-13-11-17/h2-13H,14H2,1H3,(H,26,28). The lowest BCUT2D eigenvalue weighted by atomic mass is 10.1. The van der Waals surface area contributed by atoms with Crippen LogP contribution in [0.5, 0.6) is 0 Å². The zero-order valence-electron chi connectivity index (χ0n) is 15.7. The van der Waals surface area contributed by atoms with Crippen LogP contribution in [-0.2, 0) is 6.42 Å². The molecule has 0 unspecified atom stereocenters. The quantitative estimate of drug-likeness (QED) is 0.475. The van der Waals surface area contributed by atoms with Gasteiger partial charge in [-0.25, -0.2) is 0 Å². The molecule has 0 saturated carbocycles. The summed E-state index contributed by atoms with van der Waals surface area (Å²) in [6, 6.07) is 19.0. The summed E-state index contributed by atoms with van der Waals surface area (Å²) in [6.45, 7) is 1.79. The van der Waals surface area contributed by atoms with Gasteiger partial charge in [0.25, 0.3) is 5.91 Å². The van der Waals surface area contributed by atoms with E-state index in [0.717, 1.165) is 17.5 Å². The minimum atomic E-state index is -0.352. The van der Waals surface area contributed by atoms with Crippen LogP contribution in [0.25, 0.3) is 11.3 Å². The van der Waals surface area contributed by atoms with Crippen LogP contribution in [0.1, 0.15) is 27.2 Å². The number of aromatic nitrogens is 2. The summed E-state index contributed by atoms with van der Waals surface area (Å²) in [4.78, 5) is 16.7. The number of amides is 1. The van der Waals surface area contributed by atoms with E-state index in [-0.39, 0.29) is 11.7 Å². The number of nitrogens with one attached hydrogen (secondary N) is 1. The summed E-state index contributed by atoms with van der Waals surface area (Å²) < 4.78 is 5.31. The summed E-state index contributed by atoms with van der Waals surface area (Å²) in [5.41, 5.74) is 4.95. The summed E-state index contributed by atoms with van der Waals surface area (Å²) in [5, 5.41) is 7.46. The highest BCUT2D eigenvalue weighted by Crippen LogP contribution is 2.30. The average Bonchev–Trinajstić information content (AvgIpc) is 3.12. The van der Waals surface area contributed by atoms with E-state index < -0.39 is 0 Å². The Bertz CT molecular complexity index is 1140. The molecule has 5 nitrogen and oxygen atoms in total. The third kappa shape index (κ3) is 4.20. The molecule has 1 N–H and O–H groups in total. The smallest absolute Gasteiger partial charge is 0.294 e. The number of carbonyl (C=O) groups excluding carboxylic acids is 1. The number of carbonyl (C=O) groups is 1. The van der Waals surface area contributed by atoms with Gasteiger partial charge >= 0.3 is 0 Å². The summed E-state index contributed by atoms with van der Waals surface area (Å²) >= 11 is 6.24. The first-order valence-electron chi connectivity index (χ1n) is 9.12. The maximum Gasteiger partial charge on any atom is 0.294 e. The van der Waals surface area contributed by atoms with E-state index in [1.54, 1.807) is 25.4 Å². The zero-order valence-corrected chi connectivity index (χ0v) is 16.5. The molecule has 0 spiro atoms. The SMILES string of the molecule is Cc1c(-c2ccccc2Cl)noc1C(=O)Nc1ccc(Cc2ccncc2)cc1. The molecule has 0 aliphatic heterocycles. The van der Waals surface area contributed by atoms with Gasteiger partial charge in [-0.2, -0.15) is 0 Å². The third-order valence-corrected chi connectivity index (χ3v) is 4.96. The molecule has 0 atom stereocenters. The number of hydrogen-bond acceptors (Lipinski definition) is 4. The van der Waals surface area contributed by atoms with Gasteiger partial charge in [-0.1, -0.05) is 47.1 Å². The minimum absolute atomic E-state index is 0.167. The lowest BCUT2D eigenvalue weighted by molar-refractivity contribution is 0.0987. The first-order valence-corrected chi connectivity index (χ1v) is 9.50. The van der Waals surface area contributed by atoms with E-state index in [1.807, 2.05) is 54.6 Å². The van der Waals surface area contributed by atoms with Crippen molar-refractivity contribution in [2.45, 2.75) is 13.3 Å². The van der Waals surface area contributed by atoms with Crippen molar-refractivity contribution in [1.29, 1.82) is 0 Å². The van der Waals surface area contributed by atoms with Crippen LogP contribution in [-0.4, -0.2) is 16.0 Å². The number of pyridine rings is 1. The van der Waals surface area contributed by atoms with Crippen molar-refractivity contribution in [1.82, 2.24) is 10.1 Å². The Morgan fingerprint density at radius 1 is 1.00 bits per heavy atom. The lowest BCUT2D eigenvalue weighted by Gasteiger charge is -2.06. The normalized spacial score (nSPS) is 10.7. The summed E-state index contributed by atoms with van der Waals surface area (Å²) in [7, 11) is 0. The average molecular weight is 404 g/mol. The molecule has 4 rings (SSSR count). The fourth-order valence-electron chi connectivity index (χ4n) is 3.08. The van der Waals surface area contributed by atoms with Crippen LogP contribution in [0.3, 0.4) is 0 Å². The topological polar surface area (TPSA) is 68.0 Å². The predicted molar refractivity (Wildman–Crippen MR) is 113 cm³/mol. The van der Waals surface area contributed by atoms with Gasteiger partial charge in [0, 0.05) is 29.2 Å². The Morgan fingerprint density at radius 2 is 1.69 bits per heavy atom. The molecular formula is C23H18ClN3O2. The molecule has 0 aliphatic carbocycles. The molecule has 29 heavy (non-hydrogen) atoms. The van der Waals surface area contributed by atoms with Crippen molar-refractivity contribution in [2.24, 2.45) is 0 Å². The van der Waals surface area contributed by atoms with Crippen molar-refractivity contribution < 1.29 is 9.32 Å². The van der Waals surface area contributed by atoms with E-state index in [2.05, 4.69) is 15.5 Å². The molecule has 4 aromatic rings. The van der Waals surface area contributed by atoms with Crippen LogP contribution in [0.2, 0.25) is 5.02 Å². The van der Waals surface area contributed by atoms with Crippen LogP contribution in [0, 0.1) is 6.92 Å². The molecule has 1 amide bonds. The highest BCUT2D eigenvalue weighted by molar-refractivity contribution is 6.33. The van der Waals surface area contributed by atoms with Crippen molar-refractivity contribution >= 4 is 23.2 Å². The van der Waals surface area contributed by atoms with E-state index in [0.29, 0.717) is 22.0 Å². The highest BCUT2D eigenvalue weighted by Gasteiger charge is 2.21. The van der Waals surface area contributed by atoms with Crippen LogP contribution >= 0.6 is 11.6 Å². The molecule has 0 aliphatic rings. The first kappa shape index (κ1) is 18.9. The Labute approximate surface area is 173 Å². The highest BCUT2D eigenvalue weighted by atomic mass is 35.5. The molecule has 0 fully saturated rings. The van der Waals surface area contributed by atoms with Crippen LogP contribution in [0.15, 0.2) is 77.6 Å². The number of halogens is 1. The van der Waals surface area contributed by atoms with Crippen molar-refractivity contribution in [3.63, 3.8) is 0 Å². The summed E-state index contributed by atoms with van der Waals surface area (Å²) in [5.74, 6) is -0.184. The van der Waals surface area contributed by atoms with Crippen molar-refractivity contribution in [2.75, 3.05) is 5.32 Å². The second kappa shape index (κ2) is 8.29.